The molecule has 1 N–H and O–H groups in total. The number of aromatic nitrogens is 4. The van der Waals surface area contributed by atoms with Gasteiger partial charge in [0.1, 0.15) is 0 Å². The molecular formula is C19H23N5OS2. The molecule has 0 aliphatic heterocycles. The molecular weight excluding hydrogens is 378 g/mol. The van der Waals surface area contributed by atoms with Gasteiger partial charge in [-0.1, -0.05) is 43.3 Å². The van der Waals surface area contributed by atoms with Gasteiger partial charge in [-0.15, -0.1) is 16.4 Å². The van der Waals surface area contributed by atoms with Crippen LogP contribution in [0.5, 0.6) is 0 Å². The molecule has 0 saturated heterocycles. The molecule has 1 aromatic carbocycles. The molecule has 8 heteroatoms. The minimum atomic E-state index is -0.293. The number of unbranched alkanes of at least 4 members (excludes halogenated alkanes) is 1. The lowest BCUT2D eigenvalue weighted by atomic mass is 10.1. The third-order valence-corrected chi connectivity index (χ3v) is 6.02. The van der Waals surface area contributed by atoms with Crippen molar-refractivity contribution in [1.82, 2.24) is 25.5 Å². The van der Waals surface area contributed by atoms with Crippen molar-refractivity contribution in [2.75, 3.05) is 0 Å². The Bertz CT molecular complexity index is 845. The monoisotopic (exact) mass is 401 g/mol. The average Bonchev–Trinajstić information content (AvgIpc) is 3.37. The van der Waals surface area contributed by atoms with Crippen molar-refractivity contribution in [2.45, 2.75) is 50.1 Å². The molecule has 0 aliphatic carbocycles. The summed E-state index contributed by atoms with van der Waals surface area (Å²) >= 11 is 2.98. The van der Waals surface area contributed by atoms with Gasteiger partial charge in [0.05, 0.1) is 17.5 Å². The molecule has 0 fully saturated rings. The van der Waals surface area contributed by atoms with Gasteiger partial charge in [-0.05, 0) is 59.3 Å². The molecule has 27 heavy (non-hydrogen) atoms. The molecule has 6 nitrogen and oxygen atoms in total. The zero-order chi connectivity index (χ0) is 19.1. The van der Waals surface area contributed by atoms with E-state index < -0.39 is 0 Å². The van der Waals surface area contributed by atoms with Gasteiger partial charge in [-0.25, -0.2) is 0 Å². The van der Waals surface area contributed by atoms with Gasteiger partial charge in [0.2, 0.25) is 11.1 Å². The first-order chi connectivity index (χ1) is 13.2. The van der Waals surface area contributed by atoms with Gasteiger partial charge in [-0.2, -0.15) is 4.68 Å². The van der Waals surface area contributed by atoms with E-state index in [0.717, 1.165) is 17.0 Å². The second-order valence-corrected chi connectivity index (χ2v) is 8.54. The Kier molecular flexibility index (Phi) is 7.00. The van der Waals surface area contributed by atoms with E-state index in [-0.39, 0.29) is 11.2 Å². The van der Waals surface area contributed by atoms with E-state index in [1.807, 2.05) is 36.6 Å². The molecule has 0 radical (unpaired) electrons. The van der Waals surface area contributed by atoms with E-state index in [1.165, 1.54) is 30.2 Å². The van der Waals surface area contributed by atoms with Crippen LogP contribution in [0.25, 0.3) is 5.69 Å². The summed E-state index contributed by atoms with van der Waals surface area (Å²) in [5.74, 6) is -0.0298. The number of amides is 1. The Morgan fingerprint density at radius 3 is 2.81 bits per heavy atom. The van der Waals surface area contributed by atoms with E-state index >= 15 is 0 Å². The standard InChI is InChI=1S/C19H23N5OS2/c1-3-4-6-15-8-10-16(11-9-15)24-19(21-22-23-24)27-14(2)18(25)20-13-17-7-5-12-26-17/h5,7-12,14H,3-4,6,13H2,1-2H3,(H,20,25). The Morgan fingerprint density at radius 2 is 2.11 bits per heavy atom. The summed E-state index contributed by atoms with van der Waals surface area (Å²) in [6.45, 7) is 4.60. The maximum atomic E-state index is 12.4. The predicted molar refractivity (Wildman–Crippen MR) is 109 cm³/mol. The van der Waals surface area contributed by atoms with E-state index in [2.05, 4.69) is 39.9 Å². The van der Waals surface area contributed by atoms with Crippen LogP contribution in [0, 0.1) is 0 Å². The van der Waals surface area contributed by atoms with Gasteiger partial charge in [-0.3, -0.25) is 4.79 Å². The fourth-order valence-corrected chi connectivity index (χ4v) is 4.02. The van der Waals surface area contributed by atoms with Crippen LogP contribution in [0.2, 0.25) is 0 Å². The number of carbonyl (C=O) groups is 1. The lowest BCUT2D eigenvalue weighted by Gasteiger charge is -2.11. The van der Waals surface area contributed by atoms with Crippen molar-refractivity contribution in [2.24, 2.45) is 0 Å². The minimum absolute atomic E-state index is 0.0298. The second kappa shape index (κ2) is 9.66. The minimum Gasteiger partial charge on any atom is -0.350 e. The molecule has 2 aromatic heterocycles. The van der Waals surface area contributed by atoms with Crippen LogP contribution in [0.4, 0.5) is 0 Å². The lowest BCUT2D eigenvalue weighted by molar-refractivity contribution is -0.120. The normalized spacial score (nSPS) is 12.1. The van der Waals surface area contributed by atoms with E-state index in [1.54, 1.807) is 16.0 Å². The van der Waals surface area contributed by atoms with Crippen LogP contribution >= 0.6 is 23.1 Å². The van der Waals surface area contributed by atoms with Crippen LogP contribution in [0.15, 0.2) is 46.9 Å². The van der Waals surface area contributed by atoms with E-state index in [0.29, 0.717) is 11.7 Å². The summed E-state index contributed by atoms with van der Waals surface area (Å²) in [6.07, 6.45) is 3.45. The van der Waals surface area contributed by atoms with Crippen molar-refractivity contribution in [3.05, 3.63) is 52.2 Å². The highest BCUT2D eigenvalue weighted by molar-refractivity contribution is 8.00. The molecule has 1 atom stereocenters. The third kappa shape index (κ3) is 5.40. The summed E-state index contributed by atoms with van der Waals surface area (Å²) in [7, 11) is 0. The summed E-state index contributed by atoms with van der Waals surface area (Å²) < 4.78 is 1.68. The molecule has 1 amide bonds. The number of rotatable bonds is 9. The lowest BCUT2D eigenvalue weighted by Crippen LogP contribution is -2.30. The zero-order valence-electron chi connectivity index (χ0n) is 15.5. The summed E-state index contributed by atoms with van der Waals surface area (Å²) in [4.78, 5) is 13.5. The van der Waals surface area contributed by atoms with Gasteiger partial charge < -0.3 is 5.32 Å². The Balaban J connectivity index is 1.61. The number of carbonyl (C=O) groups excluding carboxylic acids is 1. The van der Waals surface area contributed by atoms with Crippen LogP contribution in [-0.2, 0) is 17.8 Å². The Labute approximate surface area is 167 Å². The number of tetrazole rings is 1. The highest BCUT2D eigenvalue weighted by Gasteiger charge is 2.19. The highest BCUT2D eigenvalue weighted by atomic mass is 32.2. The molecule has 1 unspecified atom stereocenters. The number of hydrogen-bond acceptors (Lipinski definition) is 6. The number of benzene rings is 1. The maximum absolute atomic E-state index is 12.4. The number of aryl methyl sites for hydroxylation is 1. The van der Waals surface area contributed by atoms with Crippen molar-refractivity contribution in [3.63, 3.8) is 0 Å². The van der Waals surface area contributed by atoms with Crippen LogP contribution in [0.3, 0.4) is 0 Å². The molecule has 0 bridgehead atoms. The Hall–Kier alpha value is -2.19. The number of thiophene rings is 1. The van der Waals surface area contributed by atoms with Gasteiger partial charge in [0, 0.05) is 4.88 Å². The fourth-order valence-electron chi connectivity index (χ4n) is 2.54. The number of nitrogens with one attached hydrogen (secondary N) is 1. The SMILES string of the molecule is CCCCc1ccc(-n2nnnc2SC(C)C(=O)NCc2cccs2)cc1. The fraction of sp³-hybridized carbons (Fsp3) is 0.368. The molecule has 0 spiro atoms. The largest absolute Gasteiger partial charge is 0.350 e. The number of nitrogens with zero attached hydrogens (tertiary/aromatic N) is 4. The third-order valence-electron chi connectivity index (χ3n) is 4.11. The van der Waals surface area contributed by atoms with E-state index in [4.69, 9.17) is 0 Å². The van der Waals surface area contributed by atoms with E-state index in [9.17, 15) is 4.79 Å². The summed E-state index contributed by atoms with van der Waals surface area (Å²) in [5.41, 5.74) is 2.21. The van der Waals surface area contributed by atoms with Gasteiger partial charge in [0.15, 0.2) is 0 Å². The molecule has 3 rings (SSSR count). The van der Waals surface area contributed by atoms with Gasteiger partial charge >= 0.3 is 0 Å². The first-order valence-electron chi connectivity index (χ1n) is 9.02. The zero-order valence-corrected chi connectivity index (χ0v) is 17.1. The molecule has 142 valence electrons. The molecule has 0 saturated carbocycles. The van der Waals surface area contributed by atoms with Crippen LogP contribution in [0.1, 0.15) is 37.1 Å². The van der Waals surface area contributed by atoms with Crippen molar-refractivity contribution >= 4 is 29.0 Å². The number of hydrogen-bond donors (Lipinski definition) is 1. The molecule has 3 aromatic rings. The number of thioether (sulfide) groups is 1. The van der Waals surface area contributed by atoms with Crippen molar-refractivity contribution in [1.29, 1.82) is 0 Å². The topological polar surface area (TPSA) is 72.7 Å². The summed E-state index contributed by atoms with van der Waals surface area (Å²) in [6, 6.07) is 12.2. The smallest absolute Gasteiger partial charge is 0.233 e. The Morgan fingerprint density at radius 1 is 1.30 bits per heavy atom. The maximum Gasteiger partial charge on any atom is 0.233 e. The second-order valence-electron chi connectivity index (χ2n) is 6.20. The van der Waals surface area contributed by atoms with Crippen molar-refractivity contribution in [3.8, 4) is 5.69 Å². The van der Waals surface area contributed by atoms with Crippen LogP contribution < -0.4 is 5.32 Å². The van der Waals surface area contributed by atoms with Crippen molar-refractivity contribution < 1.29 is 4.79 Å². The molecule has 0 aliphatic rings. The summed E-state index contributed by atoms with van der Waals surface area (Å²) in [5, 5.41) is 17.2. The molecule has 2 heterocycles. The average molecular weight is 402 g/mol. The van der Waals surface area contributed by atoms with Crippen LogP contribution in [-0.4, -0.2) is 31.4 Å². The first-order valence-corrected chi connectivity index (χ1v) is 10.8. The quantitative estimate of drug-likeness (QED) is 0.551. The predicted octanol–water partition coefficient (Wildman–Crippen LogP) is 3.86. The first kappa shape index (κ1) is 19.6. The highest BCUT2D eigenvalue weighted by Crippen LogP contribution is 2.23. The van der Waals surface area contributed by atoms with Gasteiger partial charge in [0.25, 0.3) is 0 Å².